The summed E-state index contributed by atoms with van der Waals surface area (Å²) in [7, 11) is 0. The number of hydrogen-bond donors (Lipinski definition) is 0. The number of rotatable bonds is 3. The molecular weight excluding hydrogens is 316 g/mol. The van der Waals surface area contributed by atoms with Gasteiger partial charge in [-0.3, -0.25) is 9.59 Å². The van der Waals surface area contributed by atoms with Crippen molar-refractivity contribution in [2.24, 2.45) is 0 Å². The molecule has 0 unspecified atom stereocenters. The van der Waals surface area contributed by atoms with Crippen LogP contribution in [-0.4, -0.2) is 27.6 Å². The lowest BCUT2D eigenvalue weighted by Crippen LogP contribution is -2.24. The van der Waals surface area contributed by atoms with Crippen molar-refractivity contribution in [3.63, 3.8) is 0 Å². The maximum atomic E-state index is 13.2. The summed E-state index contributed by atoms with van der Waals surface area (Å²) in [5, 5.41) is 0. The van der Waals surface area contributed by atoms with Crippen LogP contribution in [0.4, 0.5) is 0 Å². The topological polar surface area (TPSA) is 60.7 Å². The minimum Gasteiger partial charge on any atom is -0.489 e. The zero-order valence-electron chi connectivity index (χ0n) is 13.9. The molecule has 25 heavy (non-hydrogen) atoms. The Morgan fingerprint density at radius 1 is 1.08 bits per heavy atom. The Balaban J connectivity index is 2.02. The Labute approximate surface area is 144 Å². The summed E-state index contributed by atoms with van der Waals surface area (Å²) in [6.45, 7) is 3.96. The second-order valence-electron chi connectivity index (χ2n) is 5.83. The van der Waals surface area contributed by atoms with Crippen LogP contribution in [0.15, 0.2) is 54.6 Å². The molecule has 0 aliphatic heterocycles. The van der Waals surface area contributed by atoms with E-state index >= 15 is 0 Å². The Kier molecular flexibility index (Phi) is 3.50. The van der Waals surface area contributed by atoms with Gasteiger partial charge in [0, 0.05) is 11.8 Å². The van der Waals surface area contributed by atoms with Crippen LogP contribution in [0.25, 0.3) is 11.1 Å². The maximum Gasteiger partial charge on any atom is 0.231 e. The zero-order valence-corrected chi connectivity index (χ0v) is 13.9. The first-order valence-electron chi connectivity index (χ1n) is 8.12. The molecule has 4 rings (SSSR count). The van der Waals surface area contributed by atoms with Crippen LogP contribution in [0.5, 0.6) is 0 Å². The highest BCUT2D eigenvalue weighted by Crippen LogP contribution is 2.35. The standard InChI is InChI=1S/C20H16N2O3/c1-3-25-20-16(13-7-5-4-6-8-13)18(23)14-9-10-22-12(2)21-11-15(22)17(14)19(20)24/h4-11H,3H2,1-2H3. The molecule has 0 radical (unpaired) electrons. The second-order valence-corrected chi connectivity index (χ2v) is 5.83. The van der Waals surface area contributed by atoms with E-state index in [0.717, 1.165) is 5.82 Å². The minimum absolute atomic E-state index is 0.109. The molecule has 0 amide bonds. The molecule has 5 nitrogen and oxygen atoms in total. The van der Waals surface area contributed by atoms with Crippen molar-refractivity contribution in [2.75, 3.05) is 6.61 Å². The molecule has 3 aromatic rings. The van der Waals surface area contributed by atoms with Crippen LogP contribution in [-0.2, 0) is 4.74 Å². The monoisotopic (exact) mass is 332 g/mol. The van der Waals surface area contributed by atoms with Gasteiger partial charge in [-0.2, -0.15) is 0 Å². The van der Waals surface area contributed by atoms with E-state index in [1.165, 1.54) is 0 Å². The smallest absolute Gasteiger partial charge is 0.231 e. The molecule has 0 N–H and O–H groups in total. The van der Waals surface area contributed by atoms with Gasteiger partial charge >= 0.3 is 0 Å². The number of benzene rings is 1. The zero-order chi connectivity index (χ0) is 17.6. The van der Waals surface area contributed by atoms with Gasteiger partial charge in [-0.05, 0) is 25.5 Å². The number of fused-ring (bicyclic) bond motifs is 3. The maximum absolute atomic E-state index is 13.2. The number of hydrogen-bond acceptors (Lipinski definition) is 4. The lowest BCUT2D eigenvalue weighted by Gasteiger charge is -2.21. The van der Waals surface area contributed by atoms with Gasteiger partial charge in [0.15, 0.2) is 11.5 Å². The Morgan fingerprint density at radius 3 is 2.56 bits per heavy atom. The molecule has 0 saturated carbocycles. The number of allylic oxidation sites excluding steroid dienone is 2. The predicted molar refractivity (Wildman–Crippen MR) is 93.6 cm³/mol. The number of carbonyl (C=O) groups excluding carboxylic acids is 2. The first-order valence-corrected chi connectivity index (χ1v) is 8.12. The molecule has 1 aliphatic carbocycles. The fraction of sp³-hybridized carbons (Fsp3) is 0.150. The number of nitrogens with zero attached hydrogens (tertiary/aromatic N) is 2. The van der Waals surface area contributed by atoms with Gasteiger partial charge in [0.05, 0.1) is 29.5 Å². The molecule has 2 aromatic heterocycles. The molecule has 1 aliphatic rings. The molecule has 0 atom stereocenters. The number of imidazole rings is 1. The normalized spacial score (nSPS) is 14.2. The number of Topliss-reactive ketones (excluding diaryl/α,β-unsaturated/α-hetero) is 2. The van der Waals surface area contributed by atoms with Crippen molar-refractivity contribution in [3.05, 3.63) is 77.1 Å². The molecule has 2 heterocycles. The first-order chi connectivity index (χ1) is 12.1. The summed E-state index contributed by atoms with van der Waals surface area (Å²) in [5.41, 5.74) is 2.37. The van der Waals surface area contributed by atoms with E-state index in [1.807, 2.05) is 37.3 Å². The van der Waals surface area contributed by atoms with Crippen LogP contribution in [0.3, 0.4) is 0 Å². The van der Waals surface area contributed by atoms with Gasteiger partial charge < -0.3 is 9.14 Å². The third kappa shape index (κ3) is 2.20. The summed E-state index contributed by atoms with van der Waals surface area (Å²) in [6.07, 6.45) is 3.40. The van der Waals surface area contributed by atoms with Crippen LogP contribution in [0.2, 0.25) is 0 Å². The van der Waals surface area contributed by atoms with Crippen molar-refractivity contribution in [2.45, 2.75) is 13.8 Å². The number of aryl methyl sites for hydroxylation is 1. The number of ether oxygens (including phenoxy) is 1. The van der Waals surface area contributed by atoms with Crippen molar-refractivity contribution in [1.29, 1.82) is 0 Å². The summed E-state index contributed by atoms with van der Waals surface area (Å²) < 4.78 is 7.43. The molecule has 124 valence electrons. The van der Waals surface area contributed by atoms with Crippen LogP contribution < -0.4 is 0 Å². The Hall–Kier alpha value is -3.21. The van der Waals surface area contributed by atoms with Gasteiger partial charge in [0.25, 0.3) is 0 Å². The highest BCUT2D eigenvalue weighted by molar-refractivity contribution is 6.41. The summed E-state index contributed by atoms with van der Waals surface area (Å²) in [6, 6.07) is 10.8. The quantitative estimate of drug-likeness (QED) is 0.737. The van der Waals surface area contributed by atoms with E-state index in [4.69, 9.17) is 4.74 Å². The largest absolute Gasteiger partial charge is 0.489 e. The average Bonchev–Trinajstić information content (AvgIpc) is 3.01. The first kappa shape index (κ1) is 15.3. The minimum atomic E-state index is -0.277. The molecule has 1 aromatic carbocycles. The Bertz CT molecular complexity index is 1050. The van der Waals surface area contributed by atoms with E-state index in [-0.39, 0.29) is 17.3 Å². The van der Waals surface area contributed by atoms with Crippen molar-refractivity contribution >= 4 is 22.7 Å². The molecule has 0 spiro atoms. The SMILES string of the molecule is CCOC1=C(c2ccccc2)C(=O)c2ccn3c(C)ncc3c2C1=O. The van der Waals surface area contributed by atoms with Crippen molar-refractivity contribution in [3.8, 4) is 0 Å². The highest BCUT2D eigenvalue weighted by Gasteiger charge is 2.36. The number of aromatic nitrogens is 2. The molecule has 0 saturated heterocycles. The molecule has 5 heteroatoms. The van der Waals surface area contributed by atoms with Gasteiger partial charge in [0.2, 0.25) is 5.78 Å². The summed E-state index contributed by atoms with van der Waals surface area (Å²) in [5.74, 6) is 0.387. The average molecular weight is 332 g/mol. The van der Waals surface area contributed by atoms with Crippen LogP contribution >= 0.6 is 0 Å². The predicted octanol–water partition coefficient (Wildman–Crippen LogP) is 3.47. The highest BCUT2D eigenvalue weighted by atomic mass is 16.5. The number of pyridine rings is 1. The molecular formula is C20H16N2O3. The van der Waals surface area contributed by atoms with Gasteiger partial charge in [-0.1, -0.05) is 30.3 Å². The van der Waals surface area contributed by atoms with E-state index < -0.39 is 0 Å². The van der Waals surface area contributed by atoms with E-state index in [9.17, 15) is 9.59 Å². The third-order valence-electron chi connectivity index (χ3n) is 4.38. The third-order valence-corrected chi connectivity index (χ3v) is 4.38. The molecule has 0 fully saturated rings. The fourth-order valence-corrected chi connectivity index (χ4v) is 3.24. The lowest BCUT2D eigenvalue weighted by molar-refractivity contribution is 0.0902. The van der Waals surface area contributed by atoms with Gasteiger partial charge in [-0.15, -0.1) is 0 Å². The lowest BCUT2D eigenvalue weighted by atomic mass is 9.85. The second kappa shape index (κ2) is 5.70. The number of ketones is 2. The fourth-order valence-electron chi connectivity index (χ4n) is 3.24. The summed E-state index contributed by atoms with van der Waals surface area (Å²) >= 11 is 0. The van der Waals surface area contributed by atoms with Gasteiger partial charge in [-0.25, -0.2) is 4.98 Å². The Morgan fingerprint density at radius 2 is 1.84 bits per heavy atom. The van der Waals surface area contributed by atoms with E-state index in [0.29, 0.717) is 34.4 Å². The molecule has 0 bridgehead atoms. The van der Waals surface area contributed by atoms with Crippen LogP contribution in [0, 0.1) is 6.92 Å². The summed E-state index contributed by atoms with van der Waals surface area (Å²) in [4.78, 5) is 30.6. The van der Waals surface area contributed by atoms with Crippen molar-refractivity contribution < 1.29 is 14.3 Å². The van der Waals surface area contributed by atoms with E-state index in [2.05, 4.69) is 4.98 Å². The van der Waals surface area contributed by atoms with Gasteiger partial charge in [0.1, 0.15) is 5.82 Å². The van der Waals surface area contributed by atoms with Crippen molar-refractivity contribution in [1.82, 2.24) is 9.38 Å². The number of carbonyl (C=O) groups is 2. The van der Waals surface area contributed by atoms with Crippen LogP contribution in [0.1, 0.15) is 39.0 Å². The van der Waals surface area contributed by atoms with E-state index in [1.54, 1.807) is 29.8 Å².